The van der Waals surface area contributed by atoms with Crippen molar-refractivity contribution in [1.29, 1.82) is 0 Å². The lowest BCUT2D eigenvalue weighted by Crippen LogP contribution is -2.34. The number of hydrogen-bond donors (Lipinski definition) is 1. The van der Waals surface area contributed by atoms with Crippen LogP contribution in [0.2, 0.25) is 0 Å². The zero-order valence-corrected chi connectivity index (χ0v) is 13.1. The molecule has 0 unspecified atom stereocenters. The van der Waals surface area contributed by atoms with Crippen molar-refractivity contribution in [3.63, 3.8) is 0 Å². The molecule has 0 spiro atoms. The van der Waals surface area contributed by atoms with E-state index in [1.165, 1.54) is 4.31 Å². The van der Waals surface area contributed by atoms with Gasteiger partial charge in [0, 0.05) is 24.7 Å². The lowest BCUT2D eigenvalue weighted by Gasteiger charge is -2.20. The van der Waals surface area contributed by atoms with E-state index in [9.17, 15) is 8.42 Å². The van der Waals surface area contributed by atoms with Crippen LogP contribution in [0.4, 0.5) is 0 Å². The summed E-state index contributed by atoms with van der Waals surface area (Å²) in [5, 5.41) is 3.00. The summed E-state index contributed by atoms with van der Waals surface area (Å²) in [5.74, 6) is 1.12. The Morgan fingerprint density at radius 3 is 2.55 bits per heavy atom. The van der Waals surface area contributed by atoms with Gasteiger partial charge >= 0.3 is 0 Å². The van der Waals surface area contributed by atoms with Gasteiger partial charge in [-0.2, -0.15) is 4.31 Å². The normalized spacial score (nSPS) is 15.8. The number of nitrogens with one attached hydrogen (secondary N) is 1. The molecule has 112 valence electrons. The second kappa shape index (κ2) is 5.71. The Balaban J connectivity index is 2.49. The molecule has 1 heterocycles. The summed E-state index contributed by atoms with van der Waals surface area (Å²) in [6, 6.07) is 0.107. The van der Waals surface area contributed by atoms with Gasteiger partial charge in [-0.1, -0.05) is 6.08 Å². The number of sulfonamides is 1. The lowest BCUT2D eigenvalue weighted by molar-refractivity contribution is 0.432. The molecule has 20 heavy (non-hydrogen) atoms. The molecule has 5 nitrogen and oxygen atoms in total. The second-order valence-corrected chi connectivity index (χ2v) is 6.97. The maximum atomic E-state index is 12.9. The molecule has 1 aromatic rings. The topological polar surface area (TPSA) is 62.6 Å². The van der Waals surface area contributed by atoms with Crippen molar-refractivity contribution in [1.82, 2.24) is 9.62 Å². The number of hydrogen-bond acceptors (Lipinski definition) is 4. The van der Waals surface area contributed by atoms with Gasteiger partial charge in [-0.3, -0.25) is 0 Å². The van der Waals surface area contributed by atoms with Crippen LogP contribution < -0.4 is 5.32 Å². The van der Waals surface area contributed by atoms with Crippen molar-refractivity contribution in [3.05, 3.63) is 29.7 Å². The first kappa shape index (κ1) is 15.3. The van der Waals surface area contributed by atoms with Crippen molar-refractivity contribution >= 4 is 10.0 Å². The van der Waals surface area contributed by atoms with Crippen LogP contribution in [-0.2, 0) is 16.6 Å². The van der Waals surface area contributed by atoms with Crippen LogP contribution >= 0.6 is 0 Å². The molecule has 1 aromatic heterocycles. The van der Waals surface area contributed by atoms with Gasteiger partial charge in [-0.15, -0.1) is 6.58 Å². The fraction of sp³-hybridized carbons (Fsp3) is 0.571. The predicted octanol–water partition coefficient (Wildman–Crippen LogP) is 1.95. The van der Waals surface area contributed by atoms with Gasteiger partial charge < -0.3 is 9.73 Å². The molecule has 0 radical (unpaired) electrons. The quantitative estimate of drug-likeness (QED) is 0.782. The standard InChI is InChI=1S/C14H22N2O3S/c1-5-8-16(12-6-7-12)20(17,18)14-11(3)19-10(2)13(14)9-15-4/h5,12,15H,1,6-9H2,2-4H3. The molecule has 0 amide bonds. The summed E-state index contributed by atoms with van der Waals surface area (Å²) in [5.41, 5.74) is 0.722. The van der Waals surface area contributed by atoms with Gasteiger partial charge in [0.15, 0.2) is 0 Å². The Kier molecular flexibility index (Phi) is 4.36. The minimum absolute atomic E-state index is 0.107. The van der Waals surface area contributed by atoms with E-state index in [-0.39, 0.29) is 6.04 Å². The van der Waals surface area contributed by atoms with E-state index in [0.717, 1.165) is 18.4 Å². The Morgan fingerprint density at radius 2 is 2.05 bits per heavy atom. The average molecular weight is 298 g/mol. The first-order chi connectivity index (χ1) is 9.43. The molecule has 1 fully saturated rings. The van der Waals surface area contributed by atoms with E-state index in [1.54, 1.807) is 27.0 Å². The van der Waals surface area contributed by atoms with Crippen LogP contribution in [0.15, 0.2) is 22.0 Å². The van der Waals surface area contributed by atoms with Gasteiger partial charge in [0.25, 0.3) is 0 Å². The van der Waals surface area contributed by atoms with Crippen LogP contribution in [0.1, 0.15) is 29.9 Å². The molecule has 0 aliphatic heterocycles. The molecule has 1 aliphatic rings. The van der Waals surface area contributed by atoms with E-state index in [0.29, 0.717) is 29.5 Å². The highest BCUT2D eigenvalue weighted by Crippen LogP contribution is 2.35. The summed E-state index contributed by atoms with van der Waals surface area (Å²) < 4.78 is 32.9. The van der Waals surface area contributed by atoms with E-state index >= 15 is 0 Å². The number of furan rings is 1. The van der Waals surface area contributed by atoms with Crippen molar-refractivity contribution in [2.24, 2.45) is 0 Å². The molecule has 1 aliphatic carbocycles. The highest BCUT2D eigenvalue weighted by atomic mass is 32.2. The third kappa shape index (κ3) is 2.68. The molecule has 6 heteroatoms. The first-order valence-corrected chi connectivity index (χ1v) is 8.23. The zero-order valence-electron chi connectivity index (χ0n) is 12.3. The third-order valence-corrected chi connectivity index (χ3v) is 5.62. The minimum Gasteiger partial charge on any atom is -0.465 e. The van der Waals surface area contributed by atoms with Crippen LogP contribution in [-0.4, -0.2) is 32.4 Å². The summed E-state index contributed by atoms with van der Waals surface area (Å²) >= 11 is 0. The molecule has 0 saturated heterocycles. The highest BCUT2D eigenvalue weighted by molar-refractivity contribution is 7.89. The maximum absolute atomic E-state index is 12.9. The maximum Gasteiger partial charge on any atom is 0.247 e. The van der Waals surface area contributed by atoms with Crippen LogP contribution in [0.3, 0.4) is 0 Å². The summed E-state index contributed by atoms with van der Waals surface area (Å²) in [6.07, 6.45) is 3.48. The monoisotopic (exact) mass is 298 g/mol. The molecule has 1 saturated carbocycles. The van der Waals surface area contributed by atoms with Gasteiger partial charge in [-0.05, 0) is 33.7 Å². The van der Waals surface area contributed by atoms with E-state index in [2.05, 4.69) is 11.9 Å². The van der Waals surface area contributed by atoms with Crippen LogP contribution in [0.5, 0.6) is 0 Å². The number of aryl methyl sites for hydroxylation is 2. The number of nitrogens with zero attached hydrogens (tertiary/aromatic N) is 1. The Labute approximate surface area is 120 Å². The first-order valence-electron chi connectivity index (χ1n) is 6.79. The molecule has 1 N–H and O–H groups in total. The Morgan fingerprint density at radius 1 is 1.40 bits per heavy atom. The van der Waals surface area contributed by atoms with Crippen molar-refractivity contribution in [2.75, 3.05) is 13.6 Å². The summed E-state index contributed by atoms with van der Waals surface area (Å²) in [7, 11) is -1.74. The molecule has 2 rings (SSSR count). The zero-order chi connectivity index (χ0) is 14.9. The SMILES string of the molecule is C=CCN(C1CC1)S(=O)(=O)c1c(C)oc(C)c1CNC. The third-order valence-electron chi connectivity index (χ3n) is 3.51. The van der Waals surface area contributed by atoms with E-state index < -0.39 is 10.0 Å². The largest absolute Gasteiger partial charge is 0.465 e. The highest BCUT2D eigenvalue weighted by Gasteiger charge is 2.40. The fourth-order valence-corrected chi connectivity index (χ4v) is 4.55. The average Bonchev–Trinajstić information content (AvgIpc) is 3.14. The summed E-state index contributed by atoms with van der Waals surface area (Å²) in [6.45, 7) is 7.99. The van der Waals surface area contributed by atoms with Crippen molar-refractivity contribution in [3.8, 4) is 0 Å². The number of rotatable bonds is 7. The smallest absolute Gasteiger partial charge is 0.247 e. The van der Waals surface area contributed by atoms with Gasteiger partial charge in [0.2, 0.25) is 10.0 Å². The molecular weight excluding hydrogens is 276 g/mol. The van der Waals surface area contributed by atoms with E-state index in [4.69, 9.17) is 4.42 Å². The van der Waals surface area contributed by atoms with Gasteiger partial charge in [-0.25, -0.2) is 8.42 Å². The molecule has 0 aromatic carbocycles. The van der Waals surface area contributed by atoms with Crippen LogP contribution in [0, 0.1) is 13.8 Å². The van der Waals surface area contributed by atoms with Crippen molar-refractivity contribution in [2.45, 2.75) is 44.2 Å². The van der Waals surface area contributed by atoms with Gasteiger partial charge in [0.05, 0.1) is 0 Å². The Bertz CT molecular complexity index is 600. The predicted molar refractivity (Wildman–Crippen MR) is 78.1 cm³/mol. The fourth-order valence-electron chi connectivity index (χ4n) is 2.48. The Hall–Kier alpha value is -1.11. The van der Waals surface area contributed by atoms with Crippen LogP contribution in [0.25, 0.3) is 0 Å². The second-order valence-electron chi connectivity index (χ2n) is 5.15. The molecule has 0 atom stereocenters. The summed E-state index contributed by atoms with van der Waals surface area (Å²) in [4.78, 5) is 0.318. The molecular formula is C14H22N2O3S. The lowest BCUT2D eigenvalue weighted by atomic mass is 10.2. The van der Waals surface area contributed by atoms with Crippen molar-refractivity contribution < 1.29 is 12.8 Å². The molecule has 0 bridgehead atoms. The van der Waals surface area contributed by atoms with Gasteiger partial charge in [0.1, 0.15) is 16.4 Å². The van der Waals surface area contributed by atoms with E-state index in [1.807, 2.05) is 0 Å². The minimum atomic E-state index is -3.53.